The van der Waals surface area contributed by atoms with Crippen molar-refractivity contribution in [2.24, 2.45) is 0 Å². The summed E-state index contributed by atoms with van der Waals surface area (Å²) in [6.07, 6.45) is 0. The Hall–Kier alpha value is -1.68. The van der Waals surface area contributed by atoms with E-state index in [4.69, 9.17) is 4.74 Å². The molecule has 0 bridgehead atoms. The molecule has 98 valence electrons. The van der Waals surface area contributed by atoms with Gasteiger partial charge in [0.25, 0.3) is 0 Å². The zero-order valence-corrected chi connectivity index (χ0v) is 12.1. The summed E-state index contributed by atoms with van der Waals surface area (Å²) in [4.78, 5) is 11.1. The highest BCUT2D eigenvalue weighted by molar-refractivity contribution is 9.10. The van der Waals surface area contributed by atoms with Gasteiger partial charge < -0.3 is 4.74 Å². The number of halogens is 2. The van der Waals surface area contributed by atoms with Crippen molar-refractivity contribution in [2.75, 3.05) is 0 Å². The van der Waals surface area contributed by atoms with Crippen LogP contribution in [0.5, 0.6) is 11.5 Å². The topological polar surface area (TPSA) is 26.3 Å². The second-order valence-corrected chi connectivity index (χ2v) is 5.09. The minimum absolute atomic E-state index is 0.0922. The molecule has 4 heteroatoms. The van der Waals surface area contributed by atoms with Gasteiger partial charge in [0.1, 0.15) is 5.75 Å². The van der Waals surface area contributed by atoms with E-state index in [1.165, 1.54) is 19.1 Å². The second-order valence-electron chi connectivity index (χ2n) is 4.24. The molecule has 0 spiro atoms. The first-order chi connectivity index (χ1) is 8.97. The Labute approximate surface area is 119 Å². The van der Waals surface area contributed by atoms with Gasteiger partial charge in [0.05, 0.1) is 4.47 Å². The van der Waals surface area contributed by atoms with Gasteiger partial charge >= 0.3 is 0 Å². The molecule has 2 aromatic carbocycles. The maximum Gasteiger partial charge on any atom is 0.166 e. The molecule has 0 aliphatic heterocycles. The van der Waals surface area contributed by atoms with Crippen LogP contribution in [0.15, 0.2) is 40.9 Å². The van der Waals surface area contributed by atoms with Crippen molar-refractivity contribution in [2.45, 2.75) is 13.8 Å². The smallest absolute Gasteiger partial charge is 0.166 e. The minimum atomic E-state index is -0.555. The first-order valence-electron chi connectivity index (χ1n) is 5.72. The highest BCUT2D eigenvalue weighted by Crippen LogP contribution is 2.31. The molecule has 0 N–H and O–H groups in total. The number of carbonyl (C=O) groups is 1. The van der Waals surface area contributed by atoms with Crippen LogP contribution in [0.25, 0.3) is 0 Å². The first-order valence-corrected chi connectivity index (χ1v) is 6.51. The third-order valence-corrected chi connectivity index (χ3v) is 3.27. The normalized spacial score (nSPS) is 10.3. The number of ketones is 1. The maximum atomic E-state index is 13.8. The van der Waals surface area contributed by atoms with Crippen LogP contribution >= 0.6 is 15.9 Å². The number of benzene rings is 2. The van der Waals surface area contributed by atoms with Crippen LogP contribution in [0.3, 0.4) is 0 Å². The number of carbonyl (C=O) groups excluding carboxylic acids is 1. The fourth-order valence-corrected chi connectivity index (χ4v) is 2.18. The Morgan fingerprint density at radius 2 is 1.84 bits per heavy atom. The third-order valence-electron chi connectivity index (χ3n) is 2.65. The lowest BCUT2D eigenvalue weighted by Crippen LogP contribution is -1.95. The van der Waals surface area contributed by atoms with Crippen molar-refractivity contribution in [3.63, 3.8) is 0 Å². The number of ether oxygens (including phenoxy) is 1. The van der Waals surface area contributed by atoms with Crippen molar-refractivity contribution < 1.29 is 13.9 Å². The van der Waals surface area contributed by atoms with Gasteiger partial charge in [-0.2, -0.15) is 0 Å². The lowest BCUT2D eigenvalue weighted by molar-refractivity contribution is 0.101. The van der Waals surface area contributed by atoms with Crippen molar-refractivity contribution in [1.82, 2.24) is 0 Å². The third kappa shape index (κ3) is 3.20. The predicted molar refractivity (Wildman–Crippen MR) is 75.4 cm³/mol. The molecule has 19 heavy (non-hydrogen) atoms. The van der Waals surface area contributed by atoms with Crippen LogP contribution < -0.4 is 4.74 Å². The standard InChI is InChI=1S/C15H12BrFO2/c1-9-3-5-14(12(16)7-9)19-15-6-4-11(10(2)18)8-13(15)17/h3-8H,1-2H3. The lowest BCUT2D eigenvalue weighted by Gasteiger charge is -2.09. The molecule has 0 radical (unpaired) electrons. The van der Waals surface area contributed by atoms with E-state index in [0.29, 0.717) is 11.3 Å². The number of aryl methyl sites for hydroxylation is 1. The van der Waals surface area contributed by atoms with E-state index in [2.05, 4.69) is 15.9 Å². The van der Waals surface area contributed by atoms with Gasteiger partial charge in [0.2, 0.25) is 0 Å². The zero-order valence-electron chi connectivity index (χ0n) is 10.5. The van der Waals surface area contributed by atoms with E-state index in [0.717, 1.165) is 10.0 Å². The largest absolute Gasteiger partial charge is 0.453 e. The Morgan fingerprint density at radius 1 is 1.16 bits per heavy atom. The Morgan fingerprint density at radius 3 is 2.42 bits per heavy atom. The van der Waals surface area contributed by atoms with Crippen LogP contribution in [-0.2, 0) is 0 Å². The molecule has 2 aromatic rings. The van der Waals surface area contributed by atoms with E-state index in [1.54, 1.807) is 12.1 Å². The summed E-state index contributed by atoms with van der Waals surface area (Å²) in [5, 5.41) is 0. The molecule has 0 atom stereocenters. The zero-order chi connectivity index (χ0) is 14.0. The van der Waals surface area contributed by atoms with Gasteiger partial charge in [-0.25, -0.2) is 4.39 Å². The molecular weight excluding hydrogens is 311 g/mol. The van der Waals surface area contributed by atoms with Crippen LogP contribution in [0.1, 0.15) is 22.8 Å². The summed E-state index contributed by atoms with van der Waals surface area (Å²) >= 11 is 3.37. The maximum absolute atomic E-state index is 13.8. The molecule has 0 saturated carbocycles. The number of hydrogen-bond acceptors (Lipinski definition) is 2. The quantitative estimate of drug-likeness (QED) is 0.752. The van der Waals surface area contributed by atoms with E-state index in [9.17, 15) is 9.18 Å². The Kier molecular flexibility index (Phi) is 4.00. The van der Waals surface area contributed by atoms with Crippen LogP contribution in [0.2, 0.25) is 0 Å². The lowest BCUT2D eigenvalue weighted by atomic mass is 10.1. The first kappa shape index (κ1) is 13.7. The second kappa shape index (κ2) is 5.53. The number of rotatable bonds is 3. The highest BCUT2D eigenvalue weighted by Gasteiger charge is 2.10. The number of hydrogen-bond donors (Lipinski definition) is 0. The minimum Gasteiger partial charge on any atom is -0.453 e. The van der Waals surface area contributed by atoms with E-state index in [1.807, 2.05) is 19.1 Å². The van der Waals surface area contributed by atoms with Crippen molar-refractivity contribution in [1.29, 1.82) is 0 Å². The molecule has 0 saturated heterocycles. The summed E-state index contributed by atoms with van der Waals surface area (Å²) in [5.41, 5.74) is 1.40. The predicted octanol–water partition coefficient (Wildman–Crippen LogP) is 4.89. The fraction of sp³-hybridized carbons (Fsp3) is 0.133. The van der Waals surface area contributed by atoms with Crippen molar-refractivity contribution >= 4 is 21.7 Å². The summed E-state index contributed by atoms with van der Waals surface area (Å²) in [5.74, 6) is -0.114. The van der Waals surface area contributed by atoms with Crippen LogP contribution in [0.4, 0.5) is 4.39 Å². The molecule has 0 aliphatic carbocycles. The molecule has 0 aliphatic rings. The highest BCUT2D eigenvalue weighted by atomic mass is 79.9. The number of Topliss-reactive ketones (excluding diaryl/α,β-unsaturated/α-hetero) is 1. The monoisotopic (exact) mass is 322 g/mol. The van der Waals surface area contributed by atoms with Gasteiger partial charge in [0.15, 0.2) is 17.3 Å². The van der Waals surface area contributed by atoms with Gasteiger partial charge in [-0.1, -0.05) is 6.07 Å². The Bertz CT molecular complexity index is 638. The van der Waals surface area contributed by atoms with E-state index in [-0.39, 0.29) is 11.5 Å². The van der Waals surface area contributed by atoms with Crippen molar-refractivity contribution in [3.8, 4) is 11.5 Å². The van der Waals surface area contributed by atoms with E-state index < -0.39 is 5.82 Å². The average Bonchev–Trinajstić information content (AvgIpc) is 2.34. The SMILES string of the molecule is CC(=O)c1ccc(Oc2ccc(C)cc2Br)c(F)c1. The molecular formula is C15H12BrFO2. The summed E-state index contributed by atoms with van der Waals surface area (Å²) in [6, 6.07) is 9.71. The fourth-order valence-electron chi connectivity index (χ4n) is 1.61. The molecule has 2 nitrogen and oxygen atoms in total. The molecule has 2 rings (SSSR count). The molecule has 0 aromatic heterocycles. The van der Waals surface area contributed by atoms with Gasteiger partial charge in [0, 0.05) is 5.56 Å². The van der Waals surface area contributed by atoms with Crippen molar-refractivity contribution in [3.05, 3.63) is 57.8 Å². The van der Waals surface area contributed by atoms with Gasteiger partial charge in [-0.05, 0) is 65.7 Å². The molecule has 0 fully saturated rings. The molecule has 0 unspecified atom stereocenters. The Balaban J connectivity index is 2.31. The summed E-state index contributed by atoms with van der Waals surface area (Å²) in [6.45, 7) is 3.35. The van der Waals surface area contributed by atoms with Crippen LogP contribution in [-0.4, -0.2) is 5.78 Å². The molecule has 0 amide bonds. The summed E-state index contributed by atoms with van der Waals surface area (Å²) < 4.78 is 20.1. The van der Waals surface area contributed by atoms with Crippen LogP contribution in [0, 0.1) is 12.7 Å². The van der Waals surface area contributed by atoms with E-state index >= 15 is 0 Å². The van der Waals surface area contributed by atoms with Gasteiger partial charge in [-0.3, -0.25) is 4.79 Å². The average molecular weight is 323 g/mol. The molecule has 0 heterocycles. The van der Waals surface area contributed by atoms with Gasteiger partial charge in [-0.15, -0.1) is 0 Å². The summed E-state index contributed by atoms with van der Waals surface area (Å²) in [7, 11) is 0.